The maximum absolute atomic E-state index is 12.6. The Hall–Kier alpha value is -2.13. The fourth-order valence-corrected chi connectivity index (χ4v) is 3.35. The highest BCUT2D eigenvalue weighted by atomic mass is 79.9. The highest BCUT2D eigenvalue weighted by Crippen LogP contribution is 2.28. The van der Waals surface area contributed by atoms with Crippen LogP contribution in [0, 0.1) is 0 Å². The van der Waals surface area contributed by atoms with Gasteiger partial charge in [0.15, 0.2) is 5.78 Å². The van der Waals surface area contributed by atoms with Crippen molar-refractivity contribution in [1.82, 2.24) is 0 Å². The highest BCUT2D eigenvalue weighted by Gasteiger charge is 2.12. The molecule has 3 rings (SSSR count). The Morgan fingerprint density at radius 2 is 1.74 bits per heavy atom. The van der Waals surface area contributed by atoms with Gasteiger partial charge in [-0.2, -0.15) is 0 Å². The predicted octanol–water partition coefficient (Wildman–Crippen LogP) is 5.43. The Bertz CT molecular complexity index is 838. The summed E-state index contributed by atoms with van der Waals surface area (Å²) in [5.41, 5.74) is 1.88. The molecule has 0 radical (unpaired) electrons. The van der Waals surface area contributed by atoms with Crippen molar-refractivity contribution in [3.63, 3.8) is 0 Å². The molecule has 23 heavy (non-hydrogen) atoms. The third-order valence-corrected chi connectivity index (χ3v) is 4.82. The van der Waals surface area contributed by atoms with Crippen LogP contribution in [0.3, 0.4) is 0 Å². The Morgan fingerprint density at radius 1 is 1.00 bits per heavy atom. The van der Waals surface area contributed by atoms with Crippen LogP contribution >= 0.6 is 15.9 Å². The van der Waals surface area contributed by atoms with Gasteiger partial charge in [0.25, 0.3) is 0 Å². The first kappa shape index (κ1) is 15.8. The smallest absolute Gasteiger partial charge is 0.164 e. The Labute approximate surface area is 144 Å². The van der Waals surface area contributed by atoms with Crippen molar-refractivity contribution in [2.45, 2.75) is 12.8 Å². The third kappa shape index (κ3) is 3.45. The van der Waals surface area contributed by atoms with Crippen LogP contribution in [-0.2, 0) is 6.42 Å². The summed E-state index contributed by atoms with van der Waals surface area (Å²) in [7, 11) is 1.65. The number of hydrogen-bond acceptors (Lipinski definition) is 2. The lowest BCUT2D eigenvalue weighted by Crippen LogP contribution is -2.02. The van der Waals surface area contributed by atoms with E-state index < -0.39 is 0 Å². The van der Waals surface area contributed by atoms with Crippen LogP contribution in [0.1, 0.15) is 22.3 Å². The summed E-state index contributed by atoms with van der Waals surface area (Å²) in [6.45, 7) is 0. The number of Topliss-reactive ketones (excluding diaryl/α,β-unsaturated/α-hetero) is 1. The molecule has 0 N–H and O–H groups in total. The molecular weight excluding hydrogens is 352 g/mol. The normalized spacial score (nSPS) is 10.7. The summed E-state index contributed by atoms with van der Waals surface area (Å²) in [5.74, 6) is 0.982. The summed E-state index contributed by atoms with van der Waals surface area (Å²) in [6, 6.07) is 19.8. The number of ether oxygens (including phenoxy) is 1. The number of carbonyl (C=O) groups is 1. The number of hydrogen-bond donors (Lipinski definition) is 0. The Morgan fingerprint density at radius 3 is 2.48 bits per heavy atom. The number of fused-ring (bicyclic) bond motifs is 1. The van der Waals surface area contributed by atoms with Crippen molar-refractivity contribution in [3.05, 3.63) is 76.3 Å². The molecule has 0 aliphatic rings. The highest BCUT2D eigenvalue weighted by molar-refractivity contribution is 9.10. The van der Waals surface area contributed by atoms with Crippen LogP contribution < -0.4 is 4.74 Å². The van der Waals surface area contributed by atoms with Gasteiger partial charge < -0.3 is 4.74 Å². The van der Waals surface area contributed by atoms with Crippen LogP contribution in [-0.4, -0.2) is 12.9 Å². The molecular formula is C20H17BrO2. The van der Waals surface area contributed by atoms with Crippen molar-refractivity contribution in [2.75, 3.05) is 7.11 Å². The maximum Gasteiger partial charge on any atom is 0.164 e. The predicted molar refractivity (Wildman–Crippen MR) is 97.3 cm³/mol. The van der Waals surface area contributed by atoms with E-state index >= 15 is 0 Å². The van der Waals surface area contributed by atoms with Crippen LogP contribution in [0.2, 0.25) is 0 Å². The molecule has 0 unspecified atom stereocenters. The molecule has 0 heterocycles. The average Bonchev–Trinajstić information content (AvgIpc) is 2.60. The number of benzene rings is 3. The van der Waals surface area contributed by atoms with E-state index in [1.807, 2.05) is 60.7 Å². The van der Waals surface area contributed by atoms with Crippen LogP contribution in [0.25, 0.3) is 10.8 Å². The van der Waals surface area contributed by atoms with E-state index in [2.05, 4.69) is 15.9 Å². The molecule has 0 aliphatic heterocycles. The number of methoxy groups -OCH3 is 1. The molecule has 3 aromatic rings. The minimum atomic E-state index is 0.151. The van der Waals surface area contributed by atoms with Gasteiger partial charge >= 0.3 is 0 Å². The van der Waals surface area contributed by atoms with Gasteiger partial charge in [-0.15, -0.1) is 0 Å². The molecule has 0 atom stereocenters. The first-order valence-corrected chi connectivity index (χ1v) is 8.31. The van der Waals surface area contributed by atoms with E-state index in [4.69, 9.17) is 4.74 Å². The monoisotopic (exact) mass is 368 g/mol. The molecule has 0 saturated heterocycles. The molecule has 3 aromatic carbocycles. The summed E-state index contributed by atoms with van der Waals surface area (Å²) < 4.78 is 6.03. The molecule has 0 saturated carbocycles. The quantitative estimate of drug-likeness (QED) is 0.561. The van der Waals surface area contributed by atoms with Gasteiger partial charge in [-0.05, 0) is 56.9 Å². The van der Waals surface area contributed by atoms with Crippen molar-refractivity contribution in [1.29, 1.82) is 0 Å². The number of aryl methyl sites for hydroxylation is 1. The molecule has 0 amide bonds. The van der Waals surface area contributed by atoms with Crippen LogP contribution in [0.15, 0.2) is 65.1 Å². The van der Waals surface area contributed by atoms with E-state index in [0.29, 0.717) is 6.42 Å². The number of rotatable bonds is 5. The summed E-state index contributed by atoms with van der Waals surface area (Å²) >= 11 is 3.59. The molecule has 0 spiro atoms. The van der Waals surface area contributed by atoms with Crippen molar-refractivity contribution in [3.8, 4) is 5.75 Å². The zero-order chi connectivity index (χ0) is 16.2. The lowest BCUT2D eigenvalue weighted by atomic mass is 10.00. The molecule has 0 aromatic heterocycles. The molecule has 2 nitrogen and oxygen atoms in total. The van der Waals surface area contributed by atoms with Crippen molar-refractivity contribution >= 4 is 32.5 Å². The fraction of sp³-hybridized carbons (Fsp3) is 0.150. The van der Waals surface area contributed by atoms with Gasteiger partial charge in [0.2, 0.25) is 0 Å². The van der Waals surface area contributed by atoms with Crippen molar-refractivity contribution in [2.24, 2.45) is 0 Å². The molecule has 0 aliphatic carbocycles. The minimum Gasteiger partial charge on any atom is -0.497 e. The number of halogens is 1. The molecule has 0 fully saturated rings. The summed E-state index contributed by atoms with van der Waals surface area (Å²) in [4.78, 5) is 12.6. The van der Waals surface area contributed by atoms with Gasteiger partial charge in [0, 0.05) is 16.5 Å². The molecule has 116 valence electrons. The van der Waals surface area contributed by atoms with Crippen LogP contribution in [0.4, 0.5) is 0 Å². The first-order chi connectivity index (χ1) is 11.2. The van der Waals surface area contributed by atoms with Crippen LogP contribution in [0.5, 0.6) is 5.75 Å². The van der Waals surface area contributed by atoms with Gasteiger partial charge in [-0.1, -0.05) is 42.5 Å². The van der Waals surface area contributed by atoms with E-state index in [-0.39, 0.29) is 5.78 Å². The number of carbonyl (C=O) groups excluding carboxylic acids is 1. The van der Waals surface area contributed by atoms with E-state index in [1.54, 1.807) is 7.11 Å². The SMILES string of the molecule is COc1ccc(CCC(=O)c2ccc3ccccc3c2Br)cc1. The largest absolute Gasteiger partial charge is 0.497 e. The Balaban J connectivity index is 1.76. The fourth-order valence-electron chi connectivity index (χ4n) is 2.63. The lowest BCUT2D eigenvalue weighted by molar-refractivity contribution is 0.0982. The van der Waals surface area contributed by atoms with Gasteiger partial charge in [0.05, 0.1) is 7.11 Å². The molecule has 0 bridgehead atoms. The van der Waals surface area contributed by atoms with Gasteiger partial charge in [0.1, 0.15) is 5.75 Å². The van der Waals surface area contributed by atoms with Gasteiger partial charge in [-0.25, -0.2) is 0 Å². The zero-order valence-corrected chi connectivity index (χ0v) is 14.5. The van der Waals surface area contributed by atoms with E-state index in [0.717, 1.165) is 38.5 Å². The maximum atomic E-state index is 12.6. The topological polar surface area (TPSA) is 26.3 Å². The standard InChI is InChI=1S/C20H17BrO2/c1-23-16-10-6-14(7-11-16)8-13-19(22)18-12-9-15-4-2-3-5-17(15)20(18)21/h2-7,9-12H,8,13H2,1H3. The number of ketones is 1. The second-order valence-corrected chi connectivity index (χ2v) is 6.21. The third-order valence-electron chi connectivity index (χ3n) is 3.96. The average molecular weight is 369 g/mol. The minimum absolute atomic E-state index is 0.151. The van der Waals surface area contributed by atoms with E-state index in [9.17, 15) is 4.79 Å². The Kier molecular flexibility index (Phi) is 4.77. The van der Waals surface area contributed by atoms with Gasteiger partial charge in [-0.3, -0.25) is 4.79 Å². The second kappa shape index (κ2) is 6.97. The first-order valence-electron chi connectivity index (χ1n) is 7.52. The second-order valence-electron chi connectivity index (χ2n) is 5.42. The molecule has 3 heteroatoms. The summed E-state index contributed by atoms with van der Waals surface area (Å²) in [5, 5.41) is 2.20. The zero-order valence-electron chi connectivity index (χ0n) is 12.9. The summed E-state index contributed by atoms with van der Waals surface area (Å²) in [6.07, 6.45) is 1.21. The van der Waals surface area contributed by atoms with E-state index in [1.165, 1.54) is 0 Å². The lowest BCUT2D eigenvalue weighted by Gasteiger charge is -2.08. The van der Waals surface area contributed by atoms with Crippen molar-refractivity contribution < 1.29 is 9.53 Å².